The fourth-order valence-electron chi connectivity index (χ4n) is 2.60. The Morgan fingerprint density at radius 2 is 2.16 bits per heavy atom. The number of para-hydroxylation sites is 1. The standard InChI is InChI=1S/C13H11N2O3.Fm/c16-7-15-6-5-9-8-3-1-2-4-10(8)14-11(9)12(15)13(17)18;/h1-4,12,14H,5-6H2,(H,17,18);/q-1;. The maximum Gasteiger partial charge on any atom is 0.329 e. The van der Waals surface area contributed by atoms with E-state index in [2.05, 4.69) is 4.98 Å². The third-order valence-electron chi connectivity index (χ3n) is 3.39. The SMILES string of the molecule is O=[C-]N1CCc2c([nH]c3ccccc23)C1C(=O)O.[Fm]. The number of carboxylic acid groups (broad SMARTS) is 1. The van der Waals surface area contributed by atoms with Crippen LogP contribution in [0.3, 0.4) is 0 Å². The summed E-state index contributed by atoms with van der Waals surface area (Å²) in [5.41, 5.74) is 2.49. The fourth-order valence-corrected chi connectivity index (χ4v) is 2.60. The number of hydrogen-bond acceptors (Lipinski definition) is 2. The van der Waals surface area contributed by atoms with Crippen molar-refractivity contribution in [1.29, 1.82) is 0 Å². The number of nitrogens with one attached hydrogen (secondary N) is 1. The molecule has 0 aliphatic carbocycles. The Bertz CT molecular complexity index is 638. The van der Waals surface area contributed by atoms with E-state index in [9.17, 15) is 14.7 Å². The molecule has 2 heterocycles. The first-order chi connectivity index (χ1) is 8.72. The van der Waals surface area contributed by atoms with E-state index in [-0.39, 0.29) is 0 Å². The number of nitrogens with zero attached hydrogens (tertiary/aromatic N) is 1. The molecule has 3 rings (SSSR count). The minimum Gasteiger partial charge on any atom is -0.520 e. The maximum absolute atomic E-state index is 11.3. The van der Waals surface area contributed by atoms with Gasteiger partial charge in [0.1, 0.15) is 6.04 Å². The summed E-state index contributed by atoms with van der Waals surface area (Å²) >= 11 is 0. The van der Waals surface area contributed by atoms with Crippen LogP contribution in [0, 0.1) is 0 Å². The van der Waals surface area contributed by atoms with Gasteiger partial charge in [0.2, 0.25) is 0 Å². The van der Waals surface area contributed by atoms with Gasteiger partial charge in [-0.05, 0) is 24.6 Å². The van der Waals surface area contributed by atoms with Crippen LogP contribution in [0.1, 0.15) is 17.3 Å². The summed E-state index contributed by atoms with van der Waals surface area (Å²) in [7, 11) is 0. The Morgan fingerprint density at radius 3 is 2.84 bits per heavy atom. The topological polar surface area (TPSA) is 73.4 Å². The molecule has 1 aromatic carbocycles. The molecule has 1 aliphatic heterocycles. The van der Waals surface area contributed by atoms with Crippen molar-refractivity contribution in [3.05, 3.63) is 35.5 Å². The number of H-pyrrole nitrogens is 1. The van der Waals surface area contributed by atoms with Gasteiger partial charge >= 0.3 is 5.97 Å². The van der Waals surface area contributed by atoms with Gasteiger partial charge < -0.3 is 19.8 Å². The summed E-state index contributed by atoms with van der Waals surface area (Å²) in [4.78, 5) is 26.5. The Hall–Kier alpha value is -3.30. The first kappa shape index (κ1) is 12.2. The predicted molar refractivity (Wildman–Crippen MR) is 64.8 cm³/mol. The molecule has 104 valence electrons. The van der Waals surface area contributed by atoms with Crippen LogP contribution in [0.2, 0.25) is 0 Å². The number of hydrogen-bond donors (Lipinski definition) is 2. The van der Waals surface area contributed by atoms with Crippen molar-refractivity contribution in [2.24, 2.45) is 0 Å². The molecule has 0 saturated heterocycles. The number of fused-ring (bicyclic) bond motifs is 3. The van der Waals surface area contributed by atoms with E-state index >= 15 is 0 Å². The molecule has 0 saturated carbocycles. The Kier molecular flexibility index (Phi) is 2.67. The van der Waals surface area contributed by atoms with Gasteiger partial charge in [0.25, 0.3) is 0 Å². The van der Waals surface area contributed by atoms with Gasteiger partial charge in [0, 0.05) is 10.9 Å². The van der Waals surface area contributed by atoms with Crippen LogP contribution in [0.25, 0.3) is 10.9 Å². The number of rotatable bonds is 2. The largest absolute Gasteiger partial charge is 0.520 e. The third kappa shape index (κ3) is 1.58. The van der Waals surface area contributed by atoms with Crippen molar-refractivity contribution >= 4 is 23.3 Å². The summed E-state index contributed by atoms with van der Waals surface area (Å²) in [6.07, 6.45) is 2.35. The summed E-state index contributed by atoms with van der Waals surface area (Å²) in [5, 5.41) is 10.3. The molecule has 6 heteroatoms. The molecule has 1 unspecified atom stereocenters. The van der Waals surface area contributed by atoms with Gasteiger partial charge in [-0.2, -0.15) is 6.41 Å². The summed E-state index contributed by atoms with van der Waals surface area (Å²) in [6, 6.07) is 6.72. The van der Waals surface area contributed by atoms with E-state index in [1.54, 1.807) is 6.41 Å². The van der Waals surface area contributed by atoms with Crippen LogP contribution >= 0.6 is 0 Å². The second kappa shape index (κ2) is 4.18. The molecule has 0 spiro atoms. The molecule has 0 fully saturated rings. The molecule has 1 aromatic heterocycles. The molecule has 1 amide bonds. The van der Waals surface area contributed by atoms with Crippen molar-refractivity contribution in [3.63, 3.8) is 0 Å². The van der Waals surface area contributed by atoms with Gasteiger partial charge in [0.05, 0.1) is 5.69 Å². The van der Waals surface area contributed by atoms with Crippen molar-refractivity contribution in [3.8, 4) is 0 Å². The number of aliphatic carboxylic acids is 1. The molecule has 2 N–H and O–H groups in total. The van der Waals surface area contributed by atoms with E-state index in [0.29, 0.717) is 18.7 Å². The molecule has 2 aromatic rings. The second-order valence-corrected chi connectivity index (χ2v) is 4.34. The summed E-state index contributed by atoms with van der Waals surface area (Å²) in [5.74, 6) is -1.04. The van der Waals surface area contributed by atoms with Crippen molar-refractivity contribution in [2.75, 3.05) is 6.54 Å². The van der Waals surface area contributed by atoms with Crippen molar-refractivity contribution in [2.45, 2.75) is 12.5 Å². The minimum absolute atomic E-state index is 0. The van der Waals surface area contributed by atoms with Crippen LogP contribution in [-0.4, -0.2) is 33.9 Å². The minimum atomic E-state index is -1.04. The molecule has 19 heavy (non-hydrogen) atoms. The summed E-state index contributed by atoms with van der Waals surface area (Å²) < 4.78 is 0. The third-order valence-corrected chi connectivity index (χ3v) is 3.39. The number of carbonyl (C=O) groups excluding carboxylic acids is 1. The smallest absolute Gasteiger partial charge is 0.329 e. The monoisotopic (exact) mass is 500 g/mol. The van der Waals surface area contributed by atoms with E-state index in [1.807, 2.05) is 24.3 Å². The average molecular weight is 500 g/mol. The zero-order valence-electron chi connectivity index (χ0n) is 9.80. The zero-order chi connectivity index (χ0) is 12.7. The zero-order valence-corrected chi connectivity index (χ0v) is 12.2. The second-order valence-electron chi connectivity index (χ2n) is 4.34. The number of aromatic amines is 1. The van der Waals surface area contributed by atoms with Crippen molar-refractivity contribution in [1.82, 2.24) is 9.88 Å². The van der Waals surface area contributed by atoms with Crippen LogP contribution in [0.15, 0.2) is 24.3 Å². The molecular formula is C13H11FmN2O3-. The fraction of sp³-hybridized carbons (Fsp3) is 0.231. The molecule has 1 atom stereocenters. The van der Waals surface area contributed by atoms with Crippen LogP contribution in [0.5, 0.6) is 0 Å². The Balaban J connectivity index is 0.00000133. The van der Waals surface area contributed by atoms with Crippen molar-refractivity contribution < 1.29 is 14.7 Å². The van der Waals surface area contributed by atoms with Gasteiger partial charge in [-0.25, -0.2) is 4.79 Å². The van der Waals surface area contributed by atoms with Crippen LogP contribution in [-0.2, 0) is 16.0 Å². The normalized spacial score (nSPS) is 17.7. The Labute approximate surface area is 103 Å². The molecule has 0 bridgehead atoms. The average Bonchev–Trinajstić information content (AvgIpc) is 2.75. The van der Waals surface area contributed by atoms with E-state index in [4.69, 9.17) is 0 Å². The number of aromatic nitrogens is 1. The van der Waals surface area contributed by atoms with Gasteiger partial charge in [0.15, 0.2) is 0 Å². The van der Waals surface area contributed by atoms with E-state index < -0.39 is 12.0 Å². The number of benzene rings is 1. The van der Waals surface area contributed by atoms with Gasteiger partial charge in [-0.15, -0.1) is 0 Å². The Morgan fingerprint density at radius 1 is 1.42 bits per heavy atom. The van der Waals surface area contributed by atoms with E-state index in [1.165, 1.54) is 4.90 Å². The molecular weight excluding hydrogens is 489 g/mol. The first-order valence-electron chi connectivity index (χ1n) is 5.69. The van der Waals surface area contributed by atoms with Crippen LogP contribution < -0.4 is 0 Å². The quantitative estimate of drug-likeness (QED) is 0.610. The van der Waals surface area contributed by atoms with Gasteiger partial charge in [-0.1, -0.05) is 18.2 Å². The predicted octanol–water partition coefficient (Wildman–Crippen LogP) is 1.22. The number of carbonyl (C=O) groups is 1. The van der Waals surface area contributed by atoms with Crippen LogP contribution in [0.4, 0.5) is 0 Å². The molecule has 5 nitrogen and oxygen atoms in total. The first-order valence-corrected chi connectivity index (χ1v) is 5.69. The number of amides is 1. The number of carboxylic acids is 1. The van der Waals surface area contributed by atoms with Gasteiger partial charge in [-0.3, -0.25) is 0 Å². The molecule has 1 aliphatic rings. The molecule has 0 radical (unpaired) electrons. The van der Waals surface area contributed by atoms with E-state index in [0.717, 1.165) is 16.5 Å². The maximum atomic E-state index is 11.3. The summed E-state index contributed by atoms with van der Waals surface area (Å²) in [6.45, 7) is 0.384.